The number of rotatable bonds is 4. The predicted octanol–water partition coefficient (Wildman–Crippen LogP) is 1.65. The summed E-state index contributed by atoms with van der Waals surface area (Å²) < 4.78 is 5.09. The van der Waals surface area contributed by atoms with E-state index in [1.54, 1.807) is 18.2 Å². The molecule has 1 aliphatic rings. The monoisotopic (exact) mass is 292 g/mol. The number of carboxylic acid groups (broad SMARTS) is 1. The average molecular weight is 292 g/mol. The van der Waals surface area contributed by atoms with Crippen LogP contribution in [0.2, 0.25) is 0 Å². The maximum absolute atomic E-state index is 12.3. The molecular formula is C15H20N2O4. The normalized spacial score (nSPS) is 21.6. The lowest BCUT2D eigenvalue weighted by molar-refractivity contribution is -0.143. The summed E-state index contributed by atoms with van der Waals surface area (Å²) >= 11 is 0. The number of carbonyl (C=O) groups excluding carboxylic acids is 1. The minimum Gasteiger partial charge on any atom is -0.497 e. The van der Waals surface area contributed by atoms with Gasteiger partial charge in [0.05, 0.1) is 18.6 Å². The molecule has 1 aliphatic carbocycles. The number of methoxy groups -OCH3 is 1. The second-order valence-corrected chi connectivity index (χ2v) is 5.33. The Balaban J connectivity index is 2.05. The zero-order chi connectivity index (χ0) is 15.4. The smallest absolute Gasteiger partial charge is 0.306 e. The highest BCUT2D eigenvalue weighted by molar-refractivity contribution is 5.99. The van der Waals surface area contributed by atoms with E-state index in [0.29, 0.717) is 29.8 Å². The predicted molar refractivity (Wildman–Crippen MR) is 78.3 cm³/mol. The molecule has 2 rings (SSSR count). The first kappa shape index (κ1) is 15.2. The number of carbonyl (C=O) groups is 2. The van der Waals surface area contributed by atoms with Crippen molar-refractivity contribution in [3.63, 3.8) is 0 Å². The molecule has 1 fully saturated rings. The van der Waals surface area contributed by atoms with Crippen LogP contribution in [0.1, 0.15) is 36.0 Å². The Morgan fingerprint density at radius 3 is 2.81 bits per heavy atom. The van der Waals surface area contributed by atoms with Gasteiger partial charge in [-0.15, -0.1) is 0 Å². The van der Waals surface area contributed by atoms with Gasteiger partial charge in [-0.2, -0.15) is 0 Å². The van der Waals surface area contributed by atoms with Gasteiger partial charge in [0, 0.05) is 11.7 Å². The van der Waals surface area contributed by atoms with E-state index < -0.39 is 5.97 Å². The summed E-state index contributed by atoms with van der Waals surface area (Å²) in [5.74, 6) is -0.912. The third-order valence-corrected chi connectivity index (χ3v) is 3.86. The van der Waals surface area contributed by atoms with Crippen LogP contribution in [-0.4, -0.2) is 30.1 Å². The minimum absolute atomic E-state index is 0.127. The number of hydrogen-bond acceptors (Lipinski definition) is 4. The van der Waals surface area contributed by atoms with Crippen molar-refractivity contribution >= 4 is 17.6 Å². The zero-order valence-electron chi connectivity index (χ0n) is 12.0. The molecule has 1 aromatic carbocycles. The summed E-state index contributed by atoms with van der Waals surface area (Å²) in [7, 11) is 1.52. The Kier molecular flexibility index (Phi) is 4.67. The lowest BCUT2D eigenvalue weighted by Crippen LogP contribution is -2.40. The van der Waals surface area contributed by atoms with Gasteiger partial charge in [-0.1, -0.05) is 6.42 Å². The van der Waals surface area contributed by atoms with Crippen molar-refractivity contribution in [3.8, 4) is 5.75 Å². The molecule has 2 atom stereocenters. The highest BCUT2D eigenvalue weighted by Crippen LogP contribution is 2.25. The molecule has 0 spiro atoms. The summed E-state index contributed by atoms with van der Waals surface area (Å²) in [6.45, 7) is 0. The van der Waals surface area contributed by atoms with Crippen LogP contribution >= 0.6 is 0 Å². The number of benzene rings is 1. The Morgan fingerprint density at radius 2 is 2.14 bits per heavy atom. The van der Waals surface area contributed by atoms with Crippen molar-refractivity contribution < 1.29 is 19.4 Å². The molecule has 1 aromatic rings. The van der Waals surface area contributed by atoms with Gasteiger partial charge in [0.1, 0.15) is 5.75 Å². The second-order valence-electron chi connectivity index (χ2n) is 5.33. The first-order valence-electron chi connectivity index (χ1n) is 6.98. The van der Waals surface area contributed by atoms with Crippen LogP contribution in [0.5, 0.6) is 5.75 Å². The second kappa shape index (κ2) is 6.47. The fourth-order valence-corrected chi connectivity index (χ4v) is 2.67. The molecule has 6 heteroatoms. The molecule has 0 aliphatic heterocycles. The molecule has 114 valence electrons. The van der Waals surface area contributed by atoms with E-state index in [1.165, 1.54) is 7.11 Å². The highest BCUT2D eigenvalue weighted by atomic mass is 16.5. The maximum Gasteiger partial charge on any atom is 0.306 e. The largest absolute Gasteiger partial charge is 0.497 e. The molecule has 2 unspecified atom stereocenters. The van der Waals surface area contributed by atoms with Crippen LogP contribution in [0, 0.1) is 5.92 Å². The van der Waals surface area contributed by atoms with Gasteiger partial charge >= 0.3 is 5.97 Å². The third kappa shape index (κ3) is 3.65. The summed E-state index contributed by atoms with van der Waals surface area (Å²) in [5.41, 5.74) is 6.54. The molecule has 1 saturated carbocycles. The number of carboxylic acids is 1. The van der Waals surface area contributed by atoms with Gasteiger partial charge in [0.15, 0.2) is 0 Å². The summed E-state index contributed by atoms with van der Waals surface area (Å²) in [5, 5.41) is 11.9. The van der Waals surface area contributed by atoms with E-state index in [1.807, 2.05) is 0 Å². The lowest BCUT2D eigenvalue weighted by Gasteiger charge is -2.27. The van der Waals surface area contributed by atoms with Crippen molar-refractivity contribution in [3.05, 3.63) is 23.8 Å². The van der Waals surface area contributed by atoms with E-state index >= 15 is 0 Å². The van der Waals surface area contributed by atoms with Crippen LogP contribution in [0.3, 0.4) is 0 Å². The van der Waals surface area contributed by atoms with E-state index in [9.17, 15) is 9.59 Å². The highest BCUT2D eigenvalue weighted by Gasteiger charge is 2.28. The number of anilines is 1. The summed E-state index contributed by atoms with van der Waals surface area (Å²) in [6, 6.07) is 4.77. The SMILES string of the molecule is COc1ccc(N)c(C(=O)NC2CCCC(C(=O)O)C2)c1. The third-order valence-electron chi connectivity index (χ3n) is 3.86. The fourth-order valence-electron chi connectivity index (χ4n) is 2.67. The van der Waals surface area contributed by atoms with Gasteiger partial charge in [-0.05, 0) is 37.5 Å². The van der Waals surface area contributed by atoms with E-state index in [0.717, 1.165) is 12.8 Å². The van der Waals surface area contributed by atoms with Gasteiger partial charge in [0.25, 0.3) is 5.91 Å². The fraction of sp³-hybridized carbons (Fsp3) is 0.467. The number of nitrogen functional groups attached to an aromatic ring is 1. The van der Waals surface area contributed by atoms with Crippen molar-refractivity contribution in [2.75, 3.05) is 12.8 Å². The Labute approximate surface area is 123 Å². The molecule has 0 bridgehead atoms. The number of nitrogens with one attached hydrogen (secondary N) is 1. The number of nitrogens with two attached hydrogens (primary N) is 1. The van der Waals surface area contributed by atoms with Gasteiger partial charge < -0.3 is 20.9 Å². The average Bonchev–Trinajstić information content (AvgIpc) is 2.48. The van der Waals surface area contributed by atoms with Crippen molar-refractivity contribution in [2.24, 2.45) is 5.92 Å². The summed E-state index contributed by atoms with van der Waals surface area (Å²) in [4.78, 5) is 23.3. The number of amides is 1. The van der Waals surface area contributed by atoms with Crippen molar-refractivity contribution in [1.82, 2.24) is 5.32 Å². The lowest BCUT2D eigenvalue weighted by atomic mass is 9.85. The van der Waals surface area contributed by atoms with Crippen LogP contribution < -0.4 is 15.8 Å². The number of hydrogen-bond donors (Lipinski definition) is 3. The van der Waals surface area contributed by atoms with Gasteiger partial charge in [-0.3, -0.25) is 9.59 Å². The molecule has 0 aromatic heterocycles. The first-order chi connectivity index (χ1) is 10.0. The molecule has 0 heterocycles. The zero-order valence-corrected chi connectivity index (χ0v) is 12.0. The molecule has 4 N–H and O–H groups in total. The van der Waals surface area contributed by atoms with Gasteiger partial charge in [0.2, 0.25) is 0 Å². The topological polar surface area (TPSA) is 102 Å². The van der Waals surface area contributed by atoms with E-state index in [2.05, 4.69) is 5.32 Å². The van der Waals surface area contributed by atoms with Crippen LogP contribution in [0.4, 0.5) is 5.69 Å². The Hall–Kier alpha value is -2.24. The molecule has 0 radical (unpaired) electrons. The Morgan fingerprint density at radius 1 is 1.38 bits per heavy atom. The van der Waals surface area contributed by atoms with E-state index in [-0.39, 0.29) is 17.9 Å². The van der Waals surface area contributed by atoms with E-state index in [4.69, 9.17) is 15.6 Å². The van der Waals surface area contributed by atoms with Gasteiger partial charge in [-0.25, -0.2) is 0 Å². The summed E-state index contributed by atoms with van der Waals surface area (Å²) in [6.07, 6.45) is 2.73. The minimum atomic E-state index is -0.796. The van der Waals surface area contributed by atoms with Crippen molar-refractivity contribution in [2.45, 2.75) is 31.7 Å². The van der Waals surface area contributed by atoms with Crippen molar-refractivity contribution in [1.29, 1.82) is 0 Å². The number of ether oxygens (including phenoxy) is 1. The molecule has 0 saturated heterocycles. The Bertz CT molecular complexity index is 544. The van der Waals surface area contributed by atoms with Crippen LogP contribution in [0.25, 0.3) is 0 Å². The van der Waals surface area contributed by atoms with Crippen LogP contribution in [0.15, 0.2) is 18.2 Å². The number of aliphatic carboxylic acids is 1. The first-order valence-corrected chi connectivity index (χ1v) is 6.98. The molecular weight excluding hydrogens is 272 g/mol. The molecule has 21 heavy (non-hydrogen) atoms. The maximum atomic E-state index is 12.3. The van der Waals surface area contributed by atoms with Crippen LogP contribution in [-0.2, 0) is 4.79 Å². The molecule has 1 amide bonds. The quantitative estimate of drug-likeness (QED) is 0.732. The molecule has 6 nitrogen and oxygen atoms in total. The standard InChI is InChI=1S/C15H20N2O4/c1-21-11-5-6-13(16)12(8-11)14(18)17-10-4-2-3-9(7-10)15(19)20/h5-6,8-10H,2-4,7,16H2,1H3,(H,17,18)(H,19,20).